The Hall–Kier alpha value is -6.20. The lowest BCUT2D eigenvalue weighted by atomic mass is 9.65. The molecule has 0 unspecified atom stereocenters. The van der Waals surface area contributed by atoms with Gasteiger partial charge in [-0.1, -0.05) is 116 Å². The molecule has 0 spiro atoms. The van der Waals surface area contributed by atoms with Gasteiger partial charge in [0.1, 0.15) is 0 Å². The summed E-state index contributed by atoms with van der Waals surface area (Å²) in [5, 5.41) is 5.31. The number of hydrogen-bond donors (Lipinski definition) is 0. The highest BCUT2D eigenvalue weighted by Gasteiger charge is 2.36. The Morgan fingerprint density at radius 3 is 1.20 bits per heavy atom. The zero-order chi connectivity index (χ0) is 40.2. The summed E-state index contributed by atoms with van der Waals surface area (Å²) in [4.78, 5) is 4.86. The van der Waals surface area contributed by atoms with Crippen molar-refractivity contribution in [2.24, 2.45) is 0 Å². The van der Waals surface area contributed by atoms with Crippen molar-refractivity contribution in [3.8, 4) is 0 Å². The van der Waals surface area contributed by atoms with E-state index in [2.05, 4.69) is 206 Å². The van der Waals surface area contributed by atoms with Crippen molar-refractivity contribution in [1.82, 2.24) is 0 Å². The number of nitrogens with zero attached hydrogens (tertiary/aromatic N) is 2. The second-order valence-corrected chi connectivity index (χ2v) is 18.8. The Balaban J connectivity index is 0.969. The third kappa shape index (κ3) is 6.46. The lowest BCUT2D eigenvalue weighted by molar-refractivity contribution is 0.346. The second-order valence-electron chi connectivity index (χ2n) is 16.6. The SMILES string of the molecule is Cc1cccc(N(c2ccc(C3(c4ccc(N(c5cccc(C)c5)c5ccc6c(c5)sc5ccccc56)cc4)CCCCC3)cc2)c2ccc3c(c2)sc2ccccc23)c1. The van der Waals surface area contributed by atoms with Gasteiger partial charge in [-0.3, -0.25) is 0 Å². The molecule has 0 radical (unpaired) electrons. The maximum absolute atomic E-state index is 2.43. The van der Waals surface area contributed by atoms with E-state index in [1.807, 2.05) is 22.7 Å². The Bertz CT molecular complexity index is 2960. The Morgan fingerprint density at radius 2 is 0.750 bits per heavy atom. The summed E-state index contributed by atoms with van der Waals surface area (Å²) in [6, 6.07) is 68.4. The number of aryl methyl sites for hydroxylation is 2. The summed E-state index contributed by atoms with van der Waals surface area (Å²) in [7, 11) is 0. The smallest absolute Gasteiger partial charge is 0.0476 e. The van der Waals surface area contributed by atoms with Gasteiger partial charge in [0.2, 0.25) is 0 Å². The Morgan fingerprint density at radius 1 is 0.350 bits per heavy atom. The fraction of sp³-hybridized carbons (Fsp3) is 0.143. The van der Waals surface area contributed by atoms with Crippen LogP contribution < -0.4 is 9.80 Å². The largest absolute Gasteiger partial charge is 0.310 e. The van der Waals surface area contributed by atoms with Gasteiger partial charge < -0.3 is 9.80 Å². The van der Waals surface area contributed by atoms with E-state index >= 15 is 0 Å². The van der Waals surface area contributed by atoms with E-state index in [1.54, 1.807) is 0 Å². The molecule has 2 nitrogen and oxygen atoms in total. The lowest BCUT2D eigenvalue weighted by Gasteiger charge is -2.39. The van der Waals surface area contributed by atoms with E-state index in [0.29, 0.717) is 0 Å². The number of benzene rings is 8. The first-order valence-corrected chi connectivity index (χ1v) is 22.9. The van der Waals surface area contributed by atoms with E-state index < -0.39 is 0 Å². The lowest BCUT2D eigenvalue weighted by Crippen LogP contribution is -2.30. The molecular weight excluding hydrogens is 765 g/mol. The molecule has 1 aliphatic carbocycles. The van der Waals surface area contributed by atoms with Crippen LogP contribution in [0.4, 0.5) is 34.1 Å². The maximum Gasteiger partial charge on any atom is 0.0476 e. The van der Waals surface area contributed by atoms with Crippen molar-refractivity contribution in [2.75, 3.05) is 9.80 Å². The van der Waals surface area contributed by atoms with E-state index in [0.717, 1.165) is 12.8 Å². The number of thiophene rings is 2. The van der Waals surface area contributed by atoms with Crippen LogP contribution >= 0.6 is 22.7 Å². The summed E-state index contributed by atoms with van der Waals surface area (Å²) in [6.45, 7) is 4.37. The zero-order valence-corrected chi connectivity index (χ0v) is 35.7. The minimum absolute atomic E-state index is 0.0381. The molecule has 0 saturated heterocycles. The normalized spacial score (nSPS) is 14.0. The van der Waals surface area contributed by atoms with E-state index in [4.69, 9.17) is 0 Å². The van der Waals surface area contributed by atoms with Crippen molar-refractivity contribution in [3.05, 3.63) is 204 Å². The topological polar surface area (TPSA) is 6.48 Å². The number of hydrogen-bond acceptors (Lipinski definition) is 4. The predicted octanol–water partition coefficient (Wildman–Crippen LogP) is 17.2. The molecule has 2 aromatic heterocycles. The minimum Gasteiger partial charge on any atom is -0.310 e. The van der Waals surface area contributed by atoms with Gasteiger partial charge in [0.25, 0.3) is 0 Å². The third-order valence-corrected chi connectivity index (χ3v) is 15.1. The average molecular weight is 811 g/mol. The quantitative estimate of drug-likeness (QED) is 0.151. The van der Waals surface area contributed by atoms with Crippen LogP contribution in [0.1, 0.15) is 54.4 Å². The van der Waals surface area contributed by atoms with Crippen LogP contribution in [0.3, 0.4) is 0 Å². The molecule has 1 aliphatic rings. The van der Waals surface area contributed by atoms with Gasteiger partial charge >= 0.3 is 0 Å². The van der Waals surface area contributed by atoms with Gasteiger partial charge in [0.05, 0.1) is 0 Å². The molecule has 0 bridgehead atoms. The van der Waals surface area contributed by atoms with Crippen LogP contribution in [0, 0.1) is 13.8 Å². The van der Waals surface area contributed by atoms with Crippen molar-refractivity contribution in [3.63, 3.8) is 0 Å². The summed E-state index contributed by atoms with van der Waals surface area (Å²) in [5.74, 6) is 0. The Kier molecular flexibility index (Phi) is 9.29. The van der Waals surface area contributed by atoms with Crippen LogP contribution in [0.25, 0.3) is 40.3 Å². The number of rotatable bonds is 8. The average Bonchev–Trinajstić information content (AvgIpc) is 3.85. The monoisotopic (exact) mass is 810 g/mol. The summed E-state index contributed by atoms with van der Waals surface area (Å²) >= 11 is 3.75. The maximum atomic E-state index is 2.43. The first-order valence-electron chi connectivity index (χ1n) is 21.3. The van der Waals surface area contributed by atoms with E-state index in [1.165, 1.54) is 116 Å². The zero-order valence-electron chi connectivity index (χ0n) is 34.1. The second kappa shape index (κ2) is 15.1. The van der Waals surface area contributed by atoms with Gasteiger partial charge in [0, 0.05) is 79.9 Å². The standard InChI is InChI=1S/C56H46N2S2/c1-38-12-10-14-44(34-38)57(46-28-30-50-48-16-4-6-18-52(48)59-54(50)36-46)42-24-20-40(21-25-42)56(32-8-3-9-33-56)41-22-26-43(27-23-41)58(45-15-11-13-39(2)35-45)47-29-31-51-49-17-5-7-19-53(49)60-55(51)37-47/h4-7,10-31,34-37H,3,8-9,32-33H2,1-2H3. The molecule has 292 valence electrons. The summed E-state index contributed by atoms with van der Waals surface area (Å²) < 4.78 is 5.29. The highest BCUT2D eigenvalue weighted by molar-refractivity contribution is 7.26. The van der Waals surface area contributed by atoms with Crippen molar-refractivity contribution < 1.29 is 0 Å². The van der Waals surface area contributed by atoms with Crippen molar-refractivity contribution in [1.29, 1.82) is 0 Å². The van der Waals surface area contributed by atoms with Gasteiger partial charge in [-0.15, -0.1) is 22.7 Å². The summed E-state index contributed by atoms with van der Waals surface area (Å²) in [5.41, 5.74) is 12.4. The van der Waals surface area contributed by atoms with Gasteiger partial charge in [-0.05, 0) is 134 Å². The molecule has 0 N–H and O–H groups in total. The third-order valence-electron chi connectivity index (χ3n) is 12.8. The first-order chi connectivity index (χ1) is 29.5. The molecule has 0 atom stereocenters. The molecule has 10 aromatic rings. The summed E-state index contributed by atoms with van der Waals surface area (Å²) in [6.07, 6.45) is 6.07. The molecule has 11 rings (SSSR count). The molecule has 2 heterocycles. The first kappa shape index (κ1) is 36.8. The molecule has 8 aromatic carbocycles. The Labute approximate surface area is 360 Å². The van der Waals surface area contributed by atoms with Crippen LogP contribution in [0.15, 0.2) is 182 Å². The molecule has 0 aliphatic heterocycles. The van der Waals surface area contributed by atoms with Crippen molar-refractivity contribution in [2.45, 2.75) is 51.4 Å². The highest BCUT2D eigenvalue weighted by atomic mass is 32.1. The van der Waals surface area contributed by atoms with Gasteiger partial charge in [-0.2, -0.15) is 0 Å². The fourth-order valence-electron chi connectivity index (χ4n) is 9.89. The minimum atomic E-state index is -0.0381. The van der Waals surface area contributed by atoms with E-state index in [-0.39, 0.29) is 5.41 Å². The van der Waals surface area contributed by atoms with Gasteiger partial charge in [0.15, 0.2) is 0 Å². The van der Waals surface area contributed by atoms with Crippen LogP contribution in [-0.4, -0.2) is 0 Å². The highest BCUT2D eigenvalue weighted by Crippen LogP contribution is 2.48. The molecule has 1 saturated carbocycles. The van der Waals surface area contributed by atoms with Crippen LogP contribution in [0.5, 0.6) is 0 Å². The number of anilines is 6. The predicted molar refractivity (Wildman–Crippen MR) is 261 cm³/mol. The molecule has 0 amide bonds. The van der Waals surface area contributed by atoms with Crippen LogP contribution in [0.2, 0.25) is 0 Å². The molecular formula is C56H46N2S2. The molecule has 60 heavy (non-hydrogen) atoms. The van der Waals surface area contributed by atoms with Crippen molar-refractivity contribution >= 4 is 97.1 Å². The molecule has 4 heteroatoms. The fourth-order valence-corrected chi connectivity index (χ4v) is 12.2. The van der Waals surface area contributed by atoms with E-state index in [9.17, 15) is 0 Å². The van der Waals surface area contributed by atoms with Crippen LogP contribution in [-0.2, 0) is 5.41 Å². The molecule has 1 fully saturated rings. The number of fused-ring (bicyclic) bond motifs is 6. The van der Waals surface area contributed by atoms with Gasteiger partial charge in [-0.25, -0.2) is 0 Å².